The van der Waals surface area contributed by atoms with Crippen LogP contribution in [0, 0.1) is 0 Å². The van der Waals surface area contributed by atoms with Crippen molar-refractivity contribution in [1.82, 2.24) is 4.90 Å². The molecule has 218 valence electrons. The summed E-state index contributed by atoms with van der Waals surface area (Å²) >= 11 is 1.34. The summed E-state index contributed by atoms with van der Waals surface area (Å²) < 4.78 is 5.88. The second-order valence-corrected chi connectivity index (χ2v) is 12.5. The summed E-state index contributed by atoms with van der Waals surface area (Å²) in [5, 5.41) is 9.85. The van der Waals surface area contributed by atoms with E-state index in [-0.39, 0.29) is 23.6 Å². The third kappa shape index (κ3) is 5.95. The van der Waals surface area contributed by atoms with Gasteiger partial charge in [-0.25, -0.2) is 9.79 Å². The molecule has 0 radical (unpaired) electrons. The van der Waals surface area contributed by atoms with Crippen LogP contribution >= 0.6 is 11.8 Å². The summed E-state index contributed by atoms with van der Waals surface area (Å²) in [7, 11) is 1.67. The Hall–Kier alpha value is -4.04. The van der Waals surface area contributed by atoms with E-state index >= 15 is 0 Å². The molecule has 0 spiro atoms. The van der Waals surface area contributed by atoms with Gasteiger partial charge in [0.1, 0.15) is 5.75 Å². The Morgan fingerprint density at radius 3 is 2.50 bits per heavy atom. The number of amides is 1. The van der Waals surface area contributed by atoms with E-state index in [0.29, 0.717) is 16.0 Å². The number of benzene rings is 3. The third-order valence-corrected chi connectivity index (χ3v) is 8.89. The van der Waals surface area contributed by atoms with Crippen LogP contribution in [-0.4, -0.2) is 46.2 Å². The molecule has 7 nitrogen and oxygen atoms in total. The monoisotopic (exact) mass is 583 g/mol. The van der Waals surface area contributed by atoms with Gasteiger partial charge in [-0.3, -0.25) is 9.69 Å². The molecular formula is C34H37N3O4S. The van der Waals surface area contributed by atoms with Gasteiger partial charge in [-0.15, -0.1) is 0 Å². The molecule has 2 heterocycles. The highest BCUT2D eigenvalue weighted by atomic mass is 32.2. The van der Waals surface area contributed by atoms with Gasteiger partial charge < -0.3 is 14.7 Å². The minimum atomic E-state index is -0.986. The van der Waals surface area contributed by atoms with Gasteiger partial charge in [0.15, 0.2) is 5.17 Å². The quantitative estimate of drug-likeness (QED) is 0.274. The first-order valence-corrected chi connectivity index (χ1v) is 15.1. The number of thioether (sulfide) groups is 1. The van der Waals surface area contributed by atoms with Crippen molar-refractivity contribution in [3.63, 3.8) is 0 Å². The summed E-state index contributed by atoms with van der Waals surface area (Å²) in [5.41, 5.74) is 5.13. The molecule has 3 aromatic rings. The number of methoxy groups -OCH3 is 1. The average Bonchev–Trinajstić information content (AvgIpc) is 3.24. The lowest BCUT2D eigenvalue weighted by molar-refractivity contribution is -0.122. The topological polar surface area (TPSA) is 82.4 Å². The molecule has 3 aromatic carbocycles. The minimum Gasteiger partial charge on any atom is -0.496 e. The van der Waals surface area contributed by atoms with Crippen molar-refractivity contribution in [3.8, 4) is 5.75 Å². The van der Waals surface area contributed by atoms with Crippen molar-refractivity contribution in [2.24, 2.45) is 4.99 Å². The van der Waals surface area contributed by atoms with E-state index in [9.17, 15) is 14.7 Å². The lowest BCUT2D eigenvalue weighted by atomic mass is 9.79. The number of nitrogens with zero attached hydrogens (tertiary/aromatic N) is 3. The molecule has 1 unspecified atom stereocenters. The maximum Gasteiger partial charge on any atom is 0.335 e. The van der Waals surface area contributed by atoms with Gasteiger partial charge in [-0.2, -0.15) is 0 Å². The number of carbonyl (C=O) groups excluding carboxylic acids is 1. The van der Waals surface area contributed by atoms with Crippen LogP contribution in [0.5, 0.6) is 5.75 Å². The molecule has 1 saturated heterocycles. The standard InChI is InChI=1S/C34H37N3O4S/c1-6-16-37-28-19-29(41-5)25(17-27(28)22(2)20-34(37,3)4)18-30-31(38)36(21-23-12-14-24(15-13-23)32(39)40)33(42-30)35-26-10-8-7-9-11-26/h7-15,17-19,22H,6,16,20-21H2,1-5H3,(H,39,40)/b30-18+,35-33?. The van der Waals surface area contributed by atoms with Crippen LogP contribution in [0.1, 0.15) is 73.5 Å². The Morgan fingerprint density at radius 2 is 1.86 bits per heavy atom. The van der Waals surface area contributed by atoms with E-state index in [4.69, 9.17) is 9.73 Å². The van der Waals surface area contributed by atoms with E-state index in [0.717, 1.165) is 42.0 Å². The molecule has 42 heavy (non-hydrogen) atoms. The smallest absolute Gasteiger partial charge is 0.335 e. The highest BCUT2D eigenvalue weighted by molar-refractivity contribution is 8.18. The van der Waals surface area contributed by atoms with Crippen molar-refractivity contribution >= 4 is 46.3 Å². The van der Waals surface area contributed by atoms with E-state index in [1.807, 2.05) is 36.4 Å². The van der Waals surface area contributed by atoms with E-state index < -0.39 is 5.97 Å². The van der Waals surface area contributed by atoms with E-state index in [1.165, 1.54) is 23.0 Å². The third-order valence-electron chi connectivity index (χ3n) is 7.88. The summed E-state index contributed by atoms with van der Waals surface area (Å²) in [6, 6.07) is 20.4. The van der Waals surface area contributed by atoms with E-state index in [2.05, 4.69) is 44.7 Å². The fourth-order valence-electron chi connectivity index (χ4n) is 5.88. The number of ether oxygens (including phenoxy) is 1. The van der Waals surface area contributed by atoms with Gasteiger partial charge >= 0.3 is 5.97 Å². The number of fused-ring (bicyclic) bond motifs is 1. The number of aliphatic imine (C=N–C) groups is 1. The first-order chi connectivity index (χ1) is 20.1. The molecule has 0 bridgehead atoms. The van der Waals surface area contributed by atoms with Gasteiger partial charge in [0.2, 0.25) is 0 Å². The number of carboxylic acid groups (broad SMARTS) is 1. The molecule has 2 aliphatic rings. The summed E-state index contributed by atoms with van der Waals surface area (Å²) in [4.78, 5) is 34.7. The van der Waals surface area contributed by atoms with Crippen LogP contribution in [0.15, 0.2) is 76.6 Å². The number of amidine groups is 1. The average molecular weight is 584 g/mol. The number of hydrogen-bond donors (Lipinski definition) is 1. The normalized spacial score (nSPS) is 19.8. The first kappa shape index (κ1) is 29.5. The Bertz CT molecular complexity index is 1550. The minimum absolute atomic E-state index is 0.0384. The lowest BCUT2D eigenvalue weighted by Gasteiger charge is -2.47. The fraction of sp³-hybridized carbons (Fsp3) is 0.324. The predicted octanol–water partition coefficient (Wildman–Crippen LogP) is 7.70. The van der Waals surface area contributed by atoms with Crippen molar-refractivity contribution in [3.05, 3.63) is 93.9 Å². The van der Waals surface area contributed by atoms with Gasteiger partial charge in [-0.1, -0.05) is 44.2 Å². The van der Waals surface area contributed by atoms with Gasteiger partial charge in [0, 0.05) is 29.4 Å². The van der Waals surface area contributed by atoms with Gasteiger partial charge in [-0.05, 0) is 91.9 Å². The van der Waals surface area contributed by atoms with Gasteiger partial charge in [0.05, 0.1) is 29.8 Å². The maximum absolute atomic E-state index is 13.9. The summed E-state index contributed by atoms with van der Waals surface area (Å²) in [5.74, 6) is -0.0531. The Labute approximate surface area is 251 Å². The van der Waals surface area contributed by atoms with Crippen LogP contribution in [0.4, 0.5) is 11.4 Å². The SMILES string of the molecule is CCCN1c2cc(OC)c(/C=C3/SC(=Nc4ccccc4)N(Cc4ccc(C(=O)O)cc4)C3=O)cc2C(C)CC1(C)C. The largest absolute Gasteiger partial charge is 0.496 e. The molecule has 1 amide bonds. The summed E-state index contributed by atoms with van der Waals surface area (Å²) in [6.45, 7) is 10.3. The number of hydrogen-bond acceptors (Lipinski definition) is 6. The Morgan fingerprint density at radius 1 is 1.14 bits per heavy atom. The second-order valence-electron chi connectivity index (χ2n) is 11.5. The maximum atomic E-state index is 13.9. The number of carbonyl (C=O) groups is 2. The molecule has 0 aliphatic carbocycles. The lowest BCUT2D eigenvalue weighted by Crippen LogP contribution is -2.48. The number of rotatable bonds is 8. The van der Waals surface area contributed by atoms with Crippen molar-refractivity contribution in [2.45, 2.75) is 58.5 Å². The van der Waals surface area contributed by atoms with Crippen molar-refractivity contribution < 1.29 is 19.4 Å². The van der Waals surface area contributed by atoms with Crippen LogP contribution in [0.2, 0.25) is 0 Å². The highest BCUT2D eigenvalue weighted by Crippen LogP contribution is 2.47. The zero-order valence-corrected chi connectivity index (χ0v) is 25.6. The second kappa shape index (κ2) is 12.1. The van der Waals surface area contributed by atoms with Crippen LogP contribution < -0.4 is 9.64 Å². The number of aromatic carboxylic acids is 1. The fourth-order valence-corrected chi connectivity index (χ4v) is 6.87. The van der Waals surface area contributed by atoms with Crippen molar-refractivity contribution in [2.75, 3.05) is 18.6 Å². The summed E-state index contributed by atoms with van der Waals surface area (Å²) in [6.07, 6.45) is 4.00. The number of carboxylic acids is 1. The Balaban J connectivity index is 1.54. The van der Waals surface area contributed by atoms with E-state index in [1.54, 1.807) is 36.3 Å². The zero-order valence-electron chi connectivity index (χ0n) is 24.8. The van der Waals surface area contributed by atoms with Crippen LogP contribution in [0.3, 0.4) is 0 Å². The molecule has 1 atom stereocenters. The molecule has 1 N–H and O–H groups in total. The molecule has 8 heteroatoms. The zero-order chi connectivity index (χ0) is 30.0. The highest BCUT2D eigenvalue weighted by Gasteiger charge is 2.37. The van der Waals surface area contributed by atoms with Gasteiger partial charge in [0.25, 0.3) is 5.91 Å². The Kier molecular flexibility index (Phi) is 8.45. The molecule has 1 fully saturated rings. The first-order valence-electron chi connectivity index (χ1n) is 14.3. The molecule has 0 aromatic heterocycles. The molecular weight excluding hydrogens is 546 g/mol. The predicted molar refractivity (Wildman–Crippen MR) is 171 cm³/mol. The van der Waals surface area contributed by atoms with Crippen LogP contribution in [-0.2, 0) is 11.3 Å². The van der Waals surface area contributed by atoms with Crippen LogP contribution in [0.25, 0.3) is 6.08 Å². The number of anilines is 1. The number of para-hydroxylation sites is 1. The van der Waals surface area contributed by atoms with Crippen molar-refractivity contribution in [1.29, 1.82) is 0 Å². The molecule has 5 rings (SSSR count). The molecule has 0 saturated carbocycles. The molecule has 2 aliphatic heterocycles.